The third-order valence-corrected chi connectivity index (χ3v) is 4.71. The molecule has 27 heavy (non-hydrogen) atoms. The lowest BCUT2D eigenvalue weighted by atomic mass is 10.2. The molecule has 0 radical (unpaired) electrons. The number of pyridine rings is 1. The lowest BCUT2D eigenvalue weighted by Gasteiger charge is -2.09. The number of rotatable bonds is 4. The van der Waals surface area contributed by atoms with Gasteiger partial charge in [-0.1, -0.05) is 0 Å². The molecule has 0 bridgehead atoms. The third kappa shape index (κ3) is 3.95. The number of aromatic nitrogens is 4. The largest absolute Gasteiger partial charge is 0.433 e. The van der Waals surface area contributed by atoms with Crippen LogP contribution in [0.3, 0.4) is 0 Å². The Hall–Kier alpha value is -2.88. The SMILES string of the molecule is O=C(Nc1ccc(C(F)(F)F)nc1)c1cc(C2CC2)nc(-c2cncs2)n1. The van der Waals surface area contributed by atoms with Crippen LogP contribution in [0.2, 0.25) is 0 Å². The number of nitrogens with zero attached hydrogens (tertiary/aromatic N) is 4. The van der Waals surface area contributed by atoms with Crippen molar-refractivity contribution in [1.29, 1.82) is 0 Å². The minimum atomic E-state index is -4.53. The van der Waals surface area contributed by atoms with Crippen molar-refractivity contribution >= 4 is 22.9 Å². The number of alkyl halides is 3. The number of hydrogen-bond acceptors (Lipinski definition) is 6. The molecule has 0 unspecified atom stereocenters. The van der Waals surface area contributed by atoms with Gasteiger partial charge in [-0.3, -0.25) is 9.78 Å². The number of hydrogen-bond donors (Lipinski definition) is 1. The van der Waals surface area contributed by atoms with E-state index in [1.54, 1.807) is 17.8 Å². The van der Waals surface area contributed by atoms with Crippen LogP contribution in [0.1, 0.15) is 40.6 Å². The fourth-order valence-electron chi connectivity index (χ4n) is 2.44. The number of carbonyl (C=O) groups is 1. The maximum Gasteiger partial charge on any atom is 0.433 e. The van der Waals surface area contributed by atoms with Crippen molar-refractivity contribution in [3.05, 3.63) is 53.2 Å². The average molecular weight is 391 g/mol. The molecule has 0 atom stereocenters. The molecule has 1 aliphatic rings. The van der Waals surface area contributed by atoms with E-state index in [0.717, 1.165) is 41.7 Å². The van der Waals surface area contributed by atoms with E-state index in [9.17, 15) is 18.0 Å². The second kappa shape index (κ2) is 6.69. The first-order valence-electron chi connectivity index (χ1n) is 8.02. The van der Waals surface area contributed by atoms with Gasteiger partial charge in [0.25, 0.3) is 5.91 Å². The molecule has 1 aliphatic carbocycles. The Morgan fingerprint density at radius 1 is 1.19 bits per heavy atom. The van der Waals surface area contributed by atoms with Crippen LogP contribution in [-0.4, -0.2) is 25.8 Å². The van der Waals surface area contributed by atoms with Gasteiger partial charge in [0, 0.05) is 17.8 Å². The Bertz CT molecular complexity index is 969. The average Bonchev–Trinajstić information content (AvgIpc) is 3.35. The summed E-state index contributed by atoms with van der Waals surface area (Å²) < 4.78 is 37.7. The zero-order valence-corrected chi connectivity index (χ0v) is 14.5. The zero-order valence-electron chi connectivity index (χ0n) is 13.7. The Labute approximate surface area is 155 Å². The van der Waals surface area contributed by atoms with Gasteiger partial charge in [-0.25, -0.2) is 15.0 Å². The first kappa shape index (κ1) is 17.5. The van der Waals surface area contributed by atoms with Crippen molar-refractivity contribution in [3.63, 3.8) is 0 Å². The van der Waals surface area contributed by atoms with Gasteiger partial charge in [0.05, 0.1) is 22.3 Å². The molecule has 0 saturated heterocycles. The summed E-state index contributed by atoms with van der Waals surface area (Å²) in [6.45, 7) is 0. The third-order valence-electron chi connectivity index (χ3n) is 3.94. The van der Waals surface area contributed by atoms with Crippen LogP contribution in [0.4, 0.5) is 18.9 Å². The summed E-state index contributed by atoms with van der Waals surface area (Å²) in [5.41, 5.74) is 1.71. The van der Waals surface area contributed by atoms with Crippen LogP contribution in [0.15, 0.2) is 36.1 Å². The van der Waals surface area contributed by atoms with Crippen LogP contribution in [-0.2, 0) is 6.18 Å². The Morgan fingerprint density at radius 3 is 2.59 bits per heavy atom. The van der Waals surface area contributed by atoms with E-state index in [2.05, 4.69) is 25.3 Å². The quantitative estimate of drug-likeness (QED) is 0.723. The van der Waals surface area contributed by atoms with Crippen molar-refractivity contribution in [2.24, 2.45) is 0 Å². The highest BCUT2D eigenvalue weighted by Crippen LogP contribution is 2.40. The van der Waals surface area contributed by atoms with Crippen molar-refractivity contribution in [2.45, 2.75) is 24.9 Å². The Kier molecular flexibility index (Phi) is 4.34. The van der Waals surface area contributed by atoms with Gasteiger partial charge < -0.3 is 5.32 Å². The summed E-state index contributed by atoms with van der Waals surface area (Å²) in [4.78, 5) is 29.4. The first-order chi connectivity index (χ1) is 12.9. The number of amides is 1. The minimum absolute atomic E-state index is 0.148. The van der Waals surface area contributed by atoms with E-state index in [1.165, 1.54) is 11.3 Å². The highest BCUT2D eigenvalue weighted by atomic mass is 32.1. The molecule has 3 heterocycles. The van der Waals surface area contributed by atoms with Gasteiger partial charge in [-0.15, -0.1) is 11.3 Å². The van der Waals surface area contributed by atoms with Gasteiger partial charge in [0.15, 0.2) is 5.82 Å². The van der Waals surface area contributed by atoms with E-state index < -0.39 is 17.8 Å². The standard InChI is InChI=1S/C17H12F3N5OS/c18-17(19,20)14-4-3-10(6-22-14)23-16(26)12-5-11(9-1-2-9)24-15(25-12)13-7-21-8-27-13/h3-9H,1-2H2,(H,23,26). The van der Waals surface area contributed by atoms with Crippen molar-refractivity contribution < 1.29 is 18.0 Å². The highest BCUT2D eigenvalue weighted by molar-refractivity contribution is 7.13. The summed E-state index contributed by atoms with van der Waals surface area (Å²) in [6.07, 6.45) is 0.0655. The number of carbonyl (C=O) groups excluding carboxylic acids is 1. The predicted molar refractivity (Wildman–Crippen MR) is 92.3 cm³/mol. The topological polar surface area (TPSA) is 80.7 Å². The van der Waals surface area contributed by atoms with Gasteiger partial charge in [0.2, 0.25) is 0 Å². The van der Waals surface area contributed by atoms with Crippen molar-refractivity contribution in [2.75, 3.05) is 5.32 Å². The summed E-state index contributed by atoms with van der Waals surface area (Å²) in [5, 5.41) is 2.52. The summed E-state index contributed by atoms with van der Waals surface area (Å²) in [5.74, 6) is 0.183. The minimum Gasteiger partial charge on any atom is -0.319 e. The normalized spacial score (nSPS) is 14.2. The molecule has 0 aliphatic heterocycles. The smallest absolute Gasteiger partial charge is 0.319 e. The predicted octanol–water partition coefficient (Wildman–Crippen LogP) is 4.14. The van der Waals surface area contributed by atoms with E-state index >= 15 is 0 Å². The number of thiazole rings is 1. The summed E-state index contributed by atoms with van der Waals surface area (Å²) in [6, 6.07) is 3.59. The molecule has 0 spiro atoms. The van der Waals surface area contributed by atoms with Crippen molar-refractivity contribution in [1.82, 2.24) is 19.9 Å². The van der Waals surface area contributed by atoms with Gasteiger partial charge >= 0.3 is 6.18 Å². The van der Waals surface area contributed by atoms with Crippen LogP contribution < -0.4 is 5.32 Å². The second-order valence-corrected chi connectivity index (χ2v) is 6.91. The van der Waals surface area contributed by atoms with Gasteiger partial charge in [0.1, 0.15) is 11.4 Å². The van der Waals surface area contributed by atoms with E-state index in [4.69, 9.17) is 0 Å². The molecular weight excluding hydrogens is 379 g/mol. The van der Waals surface area contributed by atoms with E-state index in [1.807, 2.05) is 0 Å². The molecule has 0 aromatic carbocycles. The Morgan fingerprint density at radius 2 is 2.00 bits per heavy atom. The lowest BCUT2D eigenvalue weighted by molar-refractivity contribution is -0.141. The number of nitrogens with one attached hydrogen (secondary N) is 1. The summed E-state index contributed by atoms with van der Waals surface area (Å²) in [7, 11) is 0. The molecule has 1 N–H and O–H groups in total. The molecule has 138 valence electrons. The molecule has 1 amide bonds. The first-order valence-corrected chi connectivity index (χ1v) is 8.90. The molecule has 10 heteroatoms. The molecule has 3 aromatic rings. The van der Waals surface area contributed by atoms with Gasteiger partial charge in [-0.2, -0.15) is 13.2 Å². The highest BCUT2D eigenvalue weighted by Gasteiger charge is 2.32. The van der Waals surface area contributed by atoms with Crippen LogP contribution >= 0.6 is 11.3 Å². The number of halogens is 3. The van der Waals surface area contributed by atoms with Gasteiger partial charge in [-0.05, 0) is 31.0 Å². The van der Waals surface area contributed by atoms with E-state index in [0.29, 0.717) is 11.7 Å². The maximum atomic E-state index is 12.6. The number of anilines is 1. The Balaban J connectivity index is 1.59. The molecular formula is C17H12F3N5OS. The van der Waals surface area contributed by atoms with E-state index in [-0.39, 0.29) is 11.4 Å². The fraction of sp³-hybridized carbons (Fsp3) is 0.235. The van der Waals surface area contributed by atoms with Crippen LogP contribution in [0, 0.1) is 0 Å². The molecule has 4 rings (SSSR count). The lowest BCUT2D eigenvalue weighted by Crippen LogP contribution is -2.16. The van der Waals surface area contributed by atoms with Crippen LogP contribution in [0.25, 0.3) is 10.7 Å². The fourth-order valence-corrected chi connectivity index (χ4v) is 2.99. The molecule has 1 fully saturated rings. The maximum absolute atomic E-state index is 12.6. The molecule has 1 saturated carbocycles. The molecule has 3 aromatic heterocycles. The molecule has 6 nitrogen and oxygen atoms in total. The van der Waals surface area contributed by atoms with Crippen molar-refractivity contribution in [3.8, 4) is 10.7 Å². The van der Waals surface area contributed by atoms with Crippen LogP contribution in [0.5, 0.6) is 0 Å². The second-order valence-electron chi connectivity index (χ2n) is 6.03. The zero-order chi connectivity index (χ0) is 19.0. The summed E-state index contributed by atoms with van der Waals surface area (Å²) >= 11 is 1.36. The monoisotopic (exact) mass is 391 g/mol.